The van der Waals surface area contributed by atoms with Gasteiger partial charge in [-0.15, -0.1) is 0 Å². The van der Waals surface area contributed by atoms with Crippen LogP contribution in [0.4, 0.5) is 0 Å². The molecular weight excluding hydrogens is 226 g/mol. The monoisotopic (exact) mass is 249 g/mol. The van der Waals surface area contributed by atoms with Crippen molar-refractivity contribution in [2.45, 2.75) is 31.8 Å². The largest absolute Gasteiger partial charge is 0.478 e. The molecular formula is C14H23N3O. The van der Waals surface area contributed by atoms with Crippen LogP contribution < -0.4 is 10.1 Å². The number of likely N-dealkylation sites (tertiary alicyclic amines) is 1. The predicted molar refractivity (Wildman–Crippen MR) is 72.8 cm³/mol. The average Bonchev–Trinajstić information content (AvgIpc) is 2.78. The Hall–Kier alpha value is -1.13. The van der Waals surface area contributed by atoms with Crippen LogP contribution >= 0.6 is 0 Å². The smallest absolute Gasteiger partial charge is 0.213 e. The van der Waals surface area contributed by atoms with Gasteiger partial charge in [-0.25, -0.2) is 4.98 Å². The van der Waals surface area contributed by atoms with Crippen molar-refractivity contribution in [2.75, 3.05) is 27.2 Å². The van der Waals surface area contributed by atoms with Gasteiger partial charge in [0.2, 0.25) is 5.88 Å². The lowest BCUT2D eigenvalue weighted by atomic mass is 10.1. The summed E-state index contributed by atoms with van der Waals surface area (Å²) in [6.45, 7) is 2.83. The summed E-state index contributed by atoms with van der Waals surface area (Å²) in [5.74, 6) is 0.732. The Bertz CT molecular complexity index is 353. The first kappa shape index (κ1) is 13.3. The zero-order chi connectivity index (χ0) is 12.8. The molecule has 4 heteroatoms. The molecule has 1 atom stereocenters. The summed E-state index contributed by atoms with van der Waals surface area (Å²) in [6, 6.07) is 4.69. The fourth-order valence-corrected chi connectivity index (χ4v) is 2.45. The zero-order valence-electron chi connectivity index (χ0n) is 11.4. The minimum atomic E-state index is 0.688. The summed E-state index contributed by atoms with van der Waals surface area (Å²) in [5.41, 5.74) is 1.18. The quantitative estimate of drug-likeness (QED) is 0.832. The van der Waals surface area contributed by atoms with E-state index in [1.165, 1.54) is 24.9 Å². The van der Waals surface area contributed by atoms with Crippen molar-refractivity contribution in [2.24, 2.45) is 0 Å². The Kier molecular flexibility index (Phi) is 4.96. The van der Waals surface area contributed by atoms with E-state index in [9.17, 15) is 0 Å². The molecule has 1 N–H and O–H groups in total. The van der Waals surface area contributed by atoms with Gasteiger partial charge in [0, 0.05) is 24.8 Å². The number of nitrogens with zero attached hydrogens (tertiary/aromatic N) is 2. The molecule has 0 saturated carbocycles. The van der Waals surface area contributed by atoms with Crippen LogP contribution in [0.2, 0.25) is 0 Å². The summed E-state index contributed by atoms with van der Waals surface area (Å²) in [5, 5.41) is 3.10. The van der Waals surface area contributed by atoms with Crippen LogP contribution in [0.3, 0.4) is 0 Å². The molecule has 1 aromatic heterocycles. The molecule has 4 nitrogen and oxygen atoms in total. The van der Waals surface area contributed by atoms with Gasteiger partial charge in [0.25, 0.3) is 0 Å². The van der Waals surface area contributed by atoms with E-state index in [4.69, 9.17) is 4.74 Å². The molecule has 100 valence electrons. The Balaban J connectivity index is 1.72. The average molecular weight is 249 g/mol. The van der Waals surface area contributed by atoms with Crippen molar-refractivity contribution in [3.8, 4) is 5.88 Å². The van der Waals surface area contributed by atoms with E-state index in [0.717, 1.165) is 25.5 Å². The third-order valence-electron chi connectivity index (χ3n) is 3.55. The fraction of sp³-hybridized carbons (Fsp3) is 0.643. The van der Waals surface area contributed by atoms with Crippen molar-refractivity contribution < 1.29 is 4.74 Å². The maximum atomic E-state index is 5.69. The Labute approximate surface area is 109 Å². The first-order valence-electron chi connectivity index (χ1n) is 6.72. The third kappa shape index (κ3) is 3.68. The number of hydrogen-bond donors (Lipinski definition) is 1. The first-order chi connectivity index (χ1) is 8.79. The van der Waals surface area contributed by atoms with Gasteiger partial charge in [-0.1, -0.05) is 6.07 Å². The molecule has 1 aromatic rings. The minimum Gasteiger partial charge on any atom is -0.478 e. The number of pyridine rings is 1. The highest BCUT2D eigenvalue weighted by atomic mass is 16.5. The molecule has 2 heterocycles. The molecule has 1 aliphatic rings. The van der Waals surface area contributed by atoms with Crippen LogP contribution in [-0.2, 0) is 6.54 Å². The lowest BCUT2D eigenvalue weighted by Crippen LogP contribution is -2.26. The van der Waals surface area contributed by atoms with E-state index in [-0.39, 0.29) is 0 Å². The summed E-state index contributed by atoms with van der Waals surface area (Å²) >= 11 is 0. The molecule has 1 unspecified atom stereocenters. The van der Waals surface area contributed by atoms with Gasteiger partial charge >= 0.3 is 0 Å². The van der Waals surface area contributed by atoms with Gasteiger partial charge in [0.05, 0.1) is 6.61 Å². The molecule has 0 radical (unpaired) electrons. The molecule has 2 rings (SSSR count). The number of rotatable bonds is 6. The van der Waals surface area contributed by atoms with Gasteiger partial charge in [-0.05, 0) is 45.5 Å². The number of nitrogens with one attached hydrogen (secondary N) is 1. The second-order valence-electron chi connectivity index (χ2n) is 4.95. The van der Waals surface area contributed by atoms with Gasteiger partial charge in [0.1, 0.15) is 0 Å². The molecule has 0 aromatic carbocycles. The first-order valence-corrected chi connectivity index (χ1v) is 6.72. The number of hydrogen-bond acceptors (Lipinski definition) is 4. The molecule has 1 aliphatic heterocycles. The molecule has 1 saturated heterocycles. The van der Waals surface area contributed by atoms with Crippen molar-refractivity contribution in [3.63, 3.8) is 0 Å². The highest BCUT2D eigenvalue weighted by Crippen LogP contribution is 2.18. The number of aromatic nitrogens is 1. The summed E-state index contributed by atoms with van der Waals surface area (Å²) in [7, 11) is 4.13. The van der Waals surface area contributed by atoms with E-state index in [0.29, 0.717) is 6.04 Å². The maximum absolute atomic E-state index is 5.69. The van der Waals surface area contributed by atoms with Crippen LogP contribution in [0.25, 0.3) is 0 Å². The van der Waals surface area contributed by atoms with Crippen LogP contribution in [0.1, 0.15) is 24.8 Å². The molecule has 18 heavy (non-hydrogen) atoms. The fourth-order valence-electron chi connectivity index (χ4n) is 2.45. The lowest BCUT2D eigenvalue weighted by molar-refractivity contribution is 0.228. The highest BCUT2D eigenvalue weighted by molar-refractivity contribution is 5.17. The standard InChI is InChI=1S/C14H23N3O/c1-15-10-12-5-6-14(16-11-12)18-9-7-13-4-3-8-17(13)2/h5-6,11,13,15H,3-4,7-10H2,1-2H3. The predicted octanol–water partition coefficient (Wildman–Crippen LogP) is 1.66. The Morgan fingerprint density at radius 3 is 3.00 bits per heavy atom. The van der Waals surface area contributed by atoms with Crippen molar-refractivity contribution in [1.29, 1.82) is 0 Å². The summed E-state index contributed by atoms with van der Waals surface area (Å²) in [4.78, 5) is 6.73. The maximum Gasteiger partial charge on any atom is 0.213 e. The van der Waals surface area contributed by atoms with Crippen LogP contribution in [0, 0.1) is 0 Å². The minimum absolute atomic E-state index is 0.688. The van der Waals surface area contributed by atoms with E-state index in [2.05, 4.69) is 28.3 Å². The van der Waals surface area contributed by atoms with E-state index in [1.807, 2.05) is 19.3 Å². The highest BCUT2D eigenvalue weighted by Gasteiger charge is 2.20. The van der Waals surface area contributed by atoms with Gasteiger partial charge in [-0.3, -0.25) is 0 Å². The van der Waals surface area contributed by atoms with Crippen LogP contribution in [0.15, 0.2) is 18.3 Å². The lowest BCUT2D eigenvalue weighted by Gasteiger charge is -2.19. The van der Waals surface area contributed by atoms with Gasteiger partial charge in [0.15, 0.2) is 0 Å². The zero-order valence-corrected chi connectivity index (χ0v) is 11.4. The van der Waals surface area contributed by atoms with Crippen molar-refractivity contribution in [1.82, 2.24) is 15.2 Å². The van der Waals surface area contributed by atoms with Crippen LogP contribution in [0.5, 0.6) is 5.88 Å². The summed E-state index contributed by atoms with van der Waals surface area (Å²) in [6.07, 6.45) is 5.58. The second kappa shape index (κ2) is 6.71. The summed E-state index contributed by atoms with van der Waals surface area (Å²) < 4.78 is 5.69. The van der Waals surface area contributed by atoms with E-state index in [1.54, 1.807) is 0 Å². The van der Waals surface area contributed by atoms with Crippen LogP contribution in [-0.4, -0.2) is 43.2 Å². The molecule has 0 spiro atoms. The van der Waals surface area contributed by atoms with Gasteiger partial charge < -0.3 is 15.0 Å². The number of ether oxygens (including phenoxy) is 1. The van der Waals surface area contributed by atoms with Crippen molar-refractivity contribution >= 4 is 0 Å². The van der Waals surface area contributed by atoms with Crippen molar-refractivity contribution in [3.05, 3.63) is 23.9 Å². The van der Waals surface area contributed by atoms with E-state index >= 15 is 0 Å². The Morgan fingerprint density at radius 2 is 2.39 bits per heavy atom. The van der Waals surface area contributed by atoms with E-state index < -0.39 is 0 Å². The third-order valence-corrected chi connectivity index (χ3v) is 3.55. The normalized spacial score (nSPS) is 20.2. The molecule has 0 aliphatic carbocycles. The molecule has 1 fully saturated rings. The molecule has 0 bridgehead atoms. The topological polar surface area (TPSA) is 37.4 Å². The Morgan fingerprint density at radius 1 is 1.50 bits per heavy atom. The van der Waals surface area contributed by atoms with Gasteiger partial charge in [-0.2, -0.15) is 0 Å². The molecule has 0 amide bonds. The SMILES string of the molecule is CNCc1ccc(OCCC2CCCN2C)nc1. The second-order valence-corrected chi connectivity index (χ2v) is 4.95.